The fraction of sp³-hybridized carbons (Fsp3) is 0.316. The van der Waals surface area contributed by atoms with Crippen molar-refractivity contribution >= 4 is 11.6 Å². The van der Waals surface area contributed by atoms with Crippen LogP contribution in [0.15, 0.2) is 30.6 Å². The van der Waals surface area contributed by atoms with Gasteiger partial charge in [-0.3, -0.25) is 9.48 Å². The zero-order valence-electron chi connectivity index (χ0n) is 15.1. The van der Waals surface area contributed by atoms with Crippen LogP contribution in [0.5, 0.6) is 0 Å². The second-order valence-corrected chi connectivity index (χ2v) is 7.39. The van der Waals surface area contributed by atoms with Crippen LogP contribution in [-0.4, -0.2) is 39.8 Å². The highest BCUT2D eigenvalue weighted by Gasteiger charge is 2.28. The molecule has 4 aromatic heterocycles. The molecule has 1 saturated carbocycles. The average molecular weight is 374 g/mol. The summed E-state index contributed by atoms with van der Waals surface area (Å²) in [4.78, 5) is 20.8. The SMILES string of the molecule is NC(=O)c1cnc2ccc(-c3c(-c4ccn(C5CC5)n4)nc4n3CCC4)nn12. The van der Waals surface area contributed by atoms with Gasteiger partial charge in [0.25, 0.3) is 5.91 Å². The van der Waals surface area contributed by atoms with Crippen LogP contribution < -0.4 is 5.73 Å². The van der Waals surface area contributed by atoms with E-state index in [2.05, 4.69) is 14.6 Å². The Kier molecular flexibility index (Phi) is 3.06. The van der Waals surface area contributed by atoms with E-state index in [9.17, 15) is 4.79 Å². The van der Waals surface area contributed by atoms with Gasteiger partial charge in [-0.05, 0) is 37.5 Å². The van der Waals surface area contributed by atoms with Gasteiger partial charge in [0.2, 0.25) is 0 Å². The third-order valence-corrected chi connectivity index (χ3v) is 5.46. The van der Waals surface area contributed by atoms with Crippen molar-refractivity contribution in [2.75, 3.05) is 0 Å². The molecule has 5 heterocycles. The van der Waals surface area contributed by atoms with Crippen LogP contribution in [0.2, 0.25) is 0 Å². The van der Waals surface area contributed by atoms with Gasteiger partial charge in [0.1, 0.15) is 28.6 Å². The molecule has 2 N–H and O–H groups in total. The lowest BCUT2D eigenvalue weighted by molar-refractivity contribution is 0.0993. The third kappa shape index (κ3) is 2.22. The first-order valence-corrected chi connectivity index (χ1v) is 9.49. The number of nitrogens with zero attached hydrogens (tertiary/aromatic N) is 7. The fourth-order valence-corrected chi connectivity index (χ4v) is 3.94. The number of carbonyl (C=O) groups excluding carboxylic acids is 1. The number of hydrogen-bond acceptors (Lipinski definition) is 5. The molecule has 1 aliphatic heterocycles. The van der Waals surface area contributed by atoms with E-state index in [0.717, 1.165) is 48.0 Å². The van der Waals surface area contributed by atoms with Crippen molar-refractivity contribution in [2.45, 2.75) is 38.3 Å². The molecular formula is C19H18N8O. The summed E-state index contributed by atoms with van der Waals surface area (Å²) in [6.45, 7) is 0.896. The number of rotatable bonds is 4. The van der Waals surface area contributed by atoms with Crippen LogP contribution in [0.3, 0.4) is 0 Å². The highest BCUT2D eigenvalue weighted by molar-refractivity contribution is 5.91. The first-order valence-electron chi connectivity index (χ1n) is 9.49. The summed E-state index contributed by atoms with van der Waals surface area (Å²) in [6, 6.07) is 6.29. The summed E-state index contributed by atoms with van der Waals surface area (Å²) in [5.41, 5.74) is 9.66. The predicted octanol–water partition coefficient (Wildman–Crippen LogP) is 1.84. The molecule has 0 aromatic carbocycles. The standard InChI is InChI=1S/C19H18N8O/c20-19(28)14-10-21-15-6-5-13(24-27(14)15)18-17(22-16-2-1-8-25(16)18)12-7-9-26(23-12)11-3-4-11/h5-7,9-11H,1-4,8H2,(H2,20,28). The van der Waals surface area contributed by atoms with E-state index in [4.69, 9.17) is 15.8 Å². The van der Waals surface area contributed by atoms with Gasteiger partial charge in [0, 0.05) is 19.2 Å². The maximum absolute atomic E-state index is 11.7. The second kappa shape index (κ2) is 5.51. The van der Waals surface area contributed by atoms with E-state index in [1.165, 1.54) is 23.6 Å². The number of aromatic nitrogens is 7. The highest BCUT2D eigenvalue weighted by atomic mass is 16.1. The summed E-state index contributed by atoms with van der Waals surface area (Å²) in [6.07, 6.45) is 7.85. The van der Waals surface area contributed by atoms with Crippen molar-refractivity contribution in [1.29, 1.82) is 0 Å². The number of primary amides is 1. The zero-order valence-corrected chi connectivity index (χ0v) is 15.1. The van der Waals surface area contributed by atoms with Crippen molar-refractivity contribution in [3.63, 3.8) is 0 Å². The number of hydrogen-bond donors (Lipinski definition) is 1. The van der Waals surface area contributed by atoms with Crippen LogP contribution in [0.4, 0.5) is 0 Å². The van der Waals surface area contributed by atoms with E-state index in [0.29, 0.717) is 11.7 Å². The molecule has 0 unspecified atom stereocenters. The number of aryl methyl sites for hydroxylation is 1. The number of fused-ring (bicyclic) bond motifs is 2. The Morgan fingerprint density at radius 1 is 1.14 bits per heavy atom. The topological polar surface area (TPSA) is 109 Å². The van der Waals surface area contributed by atoms with Crippen LogP contribution in [-0.2, 0) is 13.0 Å². The first-order chi connectivity index (χ1) is 13.7. The molecule has 9 nitrogen and oxygen atoms in total. The molecule has 0 radical (unpaired) electrons. The molecule has 28 heavy (non-hydrogen) atoms. The smallest absolute Gasteiger partial charge is 0.269 e. The Morgan fingerprint density at radius 3 is 2.86 bits per heavy atom. The number of amides is 1. The molecule has 4 aromatic rings. The lowest BCUT2D eigenvalue weighted by Crippen LogP contribution is -2.15. The molecule has 9 heteroatoms. The average Bonchev–Trinajstić information content (AvgIpc) is 3.08. The van der Waals surface area contributed by atoms with Crippen molar-refractivity contribution in [3.8, 4) is 22.8 Å². The molecule has 0 bridgehead atoms. The minimum Gasteiger partial charge on any atom is -0.364 e. The molecule has 0 atom stereocenters. The molecule has 1 fully saturated rings. The van der Waals surface area contributed by atoms with Crippen LogP contribution in [0, 0.1) is 0 Å². The van der Waals surface area contributed by atoms with E-state index in [1.807, 2.05) is 29.1 Å². The predicted molar refractivity (Wildman–Crippen MR) is 101 cm³/mol. The number of nitrogens with two attached hydrogens (primary N) is 1. The van der Waals surface area contributed by atoms with Gasteiger partial charge in [-0.2, -0.15) is 10.2 Å². The summed E-state index contributed by atoms with van der Waals surface area (Å²) in [5, 5.41) is 9.43. The van der Waals surface area contributed by atoms with Gasteiger partial charge < -0.3 is 10.3 Å². The van der Waals surface area contributed by atoms with Crippen molar-refractivity contribution in [3.05, 3.63) is 42.1 Å². The summed E-state index contributed by atoms with van der Waals surface area (Å²) in [5.74, 6) is 0.493. The second-order valence-electron chi connectivity index (χ2n) is 7.39. The Bertz CT molecular complexity index is 1240. The lowest BCUT2D eigenvalue weighted by atomic mass is 10.2. The third-order valence-electron chi connectivity index (χ3n) is 5.46. The molecule has 1 aliphatic carbocycles. The minimum atomic E-state index is -0.556. The van der Waals surface area contributed by atoms with Gasteiger partial charge >= 0.3 is 0 Å². The Balaban J connectivity index is 1.55. The Labute approximate surface area is 159 Å². The van der Waals surface area contributed by atoms with Gasteiger partial charge in [-0.25, -0.2) is 14.5 Å². The highest BCUT2D eigenvalue weighted by Crippen LogP contribution is 2.37. The van der Waals surface area contributed by atoms with Crippen LogP contribution >= 0.6 is 0 Å². The van der Waals surface area contributed by atoms with Crippen molar-refractivity contribution in [2.24, 2.45) is 5.73 Å². The molecular weight excluding hydrogens is 356 g/mol. The maximum atomic E-state index is 11.7. The normalized spacial score (nSPS) is 16.0. The molecule has 2 aliphatic rings. The summed E-state index contributed by atoms with van der Waals surface area (Å²) < 4.78 is 5.74. The summed E-state index contributed by atoms with van der Waals surface area (Å²) >= 11 is 0. The number of imidazole rings is 2. The van der Waals surface area contributed by atoms with E-state index < -0.39 is 5.91 Å². The van der Waals surface area contributed by atoms with Crippen molar-refractivity contribution < 1.29 is 4.79 Å². The monoisotopic (exact) mass is 374 g/mol. The molecule has 1 amide bonds. The first kappa shape index (κ1) is 15.6. The zero-order chi connectivity index (χ0) is 18.8. The van der Waals surface area contributed by atoms with E-state index in [1.54, 1.807) is 0 Å². The van der Waals surface area contributed by atoms with Crippen LogP contribution in [0.25, 0.3) is 28.4 Å². The Hall–Kier alpha value is -3.49. The van der Waals surface area contributed by atoms with Crippen molar-refractivity contribution in [1.82, 2.24) is 33.9 Å². The minimum absolute atomic E-state index is 0.262. The molecule has 0 spiro atoms. The van der Waals surface area contributed by atoms with Gasteiger partial charge in [0.15, 0.2) is 5.65 Å². The largest absolute Gasteiger partial charge is 0.364 e. The quantitative estimate of drug-likeness (QED) is 0.586. The van der Waals surface area contributed by atoms with Crippen LogP contribution in [0.1, 0.15) is 41.6 Å². The van der Waals surface area contributed by atoms with Gasteiger partial charge in [-0.15, -0.1) is 0 Å². The summed E-state index contributed by atoms with van der Waals surface area (Å²) in [7, 11) is 0. The van der Waals surface area contributed by atoms with Gasteiger partial charge in [0.05, 0.1) is 17.9 Å². The molecule has 0 saturated heterocycles. The lowest BCUT2D eigenvalue weighted by Gasteiger charge is -2.07. The number of carbonyl (C=O) groups is 1. The fourth-order valence-electron chi connectivity index (χ4n) is 3.94. The van der Waals surface area contributed by atoms with E-state index >= 15 is 0 Å². The molecule has 6 rings (SSSR count). The molecule has 140 valence electrons. The van der Waals surface area contributed by atoms with E-state index in [-0.39, 0.29) is 5.69 Å². The van der Waals surface area contributed by atoms with Gasteiger partial charge in [-0.1, -0.05) is 0 Å². The Morgan fingerprint density at radius 2 is 2.04 bits per heavy atom. The maximum Gasteiger partial charge on any atom is 0.269 e.